The molecule has 0 aliphatic rings. The van der Waals surface area contributed by atoms with Gasteiger partial charge in [-0.05, 0) is 24.1 Å². The molecule has 1 rings (SSSR count). The number of aliphatic hydroxyl groups is 1. The van der Waals surface area contributed by atoms with E-state index in [1.807, 2.05) is 6.92 Å². The summed E-state index contributed by atoms with van der Waals surface area (Å²) < 4.78 is 4.97. The van der Waals surface area contributed by atoms with E-state index in [0.717, 1.165) is 5.56 Å². The third kappa shape index (κ3) is 3.29. The van der Waals surface area contributed by atoms with Gasteiger partial charge in [0.2, 0.25) is 0 Å². The Labute approximate surface area is 89.6 Å². The van der Waals surface area contributed by atoms with Crippen LogP contribution >= 0.6 is 0 Å². The van der Waals surface area contributed by atoms with Crippen LogP contribution in [-0.4, -0.2) is 23.4 Å². The number of methoxy groups -OCH3 is 1. The monoisotopic (exact) mass is 208 g/mol. The van der Waals surface area contributed by atoms with E-state index in [0.29, 0.717) is 12.2 Å². The van der Waals surface area contributed by atoms with E-state index in [1.165, 1.54) is 7.11 Å². The molecule has 15 heavy (non-hydrogen) atoms. The van der Waals surface area contributed by atoms with Crippen molar-refractivity contribution in [1.29, 1.82) is 0 Å². The van der Waals surface area contributed by atoms with Gasteiger partial charge in [0.25, 0.3) is 0 Å². The lowest BCUT2D eigenvalue weighted by molar-refractivity contribution is 0.220. The Morgan fingerprint density at radius 2 is 2.20 bits per heavy atom. The highest BCUT2D eigenvalue weighted by Crippen LogP contribution is 2.26. The topological polar surface area (TPSA) is 49.7 Å². The molecule has 0 aromatic heterocycles. The molecule has 3 nitrogen and oxygen atoms in total. The van der Waals surface area contributed by atoms with E-state index in [4.69, 9.17) is 4.74 Å². The van der Waals surface area contributed by atoms with Gasteiger partial charge in [0.05, 0.1) is 13.2 Å². The highest BCUT2D eigenvalue weighted by molar-refractivity contribution is 5.55. The van der Waals surface area contributed by atoms with Crippen molar-refractivity contribution in [2.24, 2.45) is 0 Å². The molecule has 0 fully saturated rings. The summed E-state index contributed by atoms with van der Waals surface area (Å²) in [4.78, 5) is 0. The number of phenols is 1. The quantitative estimate of drug-likeness (QED) is 0.797. The Morgan fingerprint density at radius 3 is 2.80 bits per heavy atom. The maximum absolute atomic E-state index is 9.36. The van der Waals surface area contributed by atoms with Crippen LogP contribution in [0.5, 0.6) is 11.5 Å². The second-order valence-electron chi connectivity index (χ2n) is 3.27. The number of aliphatic hydroxyl groups excluding tert-OH is 1. The summed E-state index contributed by atoms with van der Waals surface area (Å²) in [5, 5.41) is 18.7. The second-order valence-corrected chi connectivity index (χ2v) is 3.27. The van der Waals surface area contributed by atoms with Gasteiger partial charge in [0.1, 0.15) is 0 Å². The van der Waals surface area contributed by atoms with E-state index in [-0.39, 0.29) is 5.75 Å². The highest BCUT2D eigenvalue weighted by Gasteiger charge is 2.00. The summed E-state index contributed by atoms with van der Waals surface area (Å²) in [6.07, 6.45) is 3.78. The Hall–Kier alpha value is -1.48. The average Bonchev–Trinajstić information content (AvgIpc) is 2.27. The Kier molecular flexibility index (Phi) is 4.18. The molecule has 0 radical (unpaired) electrons. The van der Waals surface area contributed by atoms with Gasteiger partial charge in [-0.15, -0.1) is 0 Å². The minimum Gasteiger partial charge on any atom is -0.504 e. The third-order valence-electron chi connectivity index (χ3n) is 2.13. The van der Waals surface area contributed by atoms with E-state index < -0.39 is 6.10 Å². The Bertz CT molecular complexity index is 345. The SMILES string of the molecule is CCC(O)C=Cc1ccc(O)c(OC)c1. The minimum absolute atomic E-state index is 0.116. The van der Waals surface area contributed by atoms with Gasteiger partial charge in [-0.3, -0.25) is 0 Å². The van der Waals surface area contributed by atoms with Crippen molar-refractivity contribution < 1.29 is 14.9 Å². The largest absolute Gasteiger partial charge is 0.504 e. The van der Waals surface area contributed by atoms with Crippen molar-refractivity contribution in [3.8, 4) is 11.5 Å². The molecule has 82 valence electrons. The molecule has 0 spiro atoms. The van der Waals surface area contributed by atoms with Crippen LogP contribution in [0, 0.1) is 0 Å². The first kappa shape index (κ1) is 11.6. The number of hydrogen-bond acceptors (Lipinski definition) is 3. The first-order valence-corrected chi connectivity index (χ1v) is 4.90. The van der Waals surface area contributed by atoms with Crippen LogP contribution in [0.25, 0.3) is 6.08 Å². The number of hydrogen-bond donors (Lipinski definition) is 2. The molecule has 1 aromatic rings. The number of phenolic OH excluding ortho intramolecular Hbond substituents is 1. The molecule has 1 atom stereocenters. The highest BCUT2D eigenvalue weighted by atomic mass is 16.5. The first-order valence-electron chi connectivity index (χ1n) is 4.90. The molecule has 0 aliphatic heterocycles. The van der Waals surface area contributed by atoms with E-state index in [1.54, 1.807) is 30.4 Å². The summed E-state index contributed by atoms with van der Waals surface area (Å²) in [7, 11) is 1.50. The minimum atomic E-state index is -0.426. The van der Waals surface area contributed by atoms with Crippen LogP contribution in [0.4, 0.5) is 0 Å². The standard InChI is InChI=1S/C12H16O3/c1-3-10(13)6-4-9-5-7-11(14)12(8-9)15-2/h4-8,10,13-14H,3H2,1-2H3. The molecule has 3 heteroatoms. The second kappa shape index (κ2) is 5.41. The van der Waals surface area contributed by atoms with Crippen LogP contribution in [0.3, 0.4) is 0 Å². The molecule has 0 heterocycles. The van der Waals surface area contributed by atoms with Gasteiger partial charge in [0, 0.05) is 0 Å². The molecular formula is C12H16O3. The fourth-order valence-electron chi connectivity index (χ4n) is 1.16. The number of ether oxygens (including phenoxy) is 1. The predicted molar refractivity (Wildman–Crippen MR) is 60.0 cm³/mol. The lowest BCUT2D eigenvalue weighted by Crippen LogP contribution is -1.97. The van der Waals surface area contributed by atoms with E-state index in [2.05, 4.69) is 0 Å². The van der Waals surface area contributed by atoms with Crippen LogP contribution in [-0.2, 0) is 0 Å². The maximum atomic E-state index is 9.36. The van der Waals surface area contributed by atoms with Crippen molar-refractivity contribution in [2.75, 3.05) is 7.11 Å². The molecule has 0 bridgehead atoms. The molecule has 0 saturated heterocycles. The Balaban J connectivity index is 2.82. The van der Waals surface area contributed by atoms with Gasteiger partial charge in [-0.2, -0.15) is 0 Å². The molecular weight excluding hydrogens is 192 g/mol. The zero-order valence-corrected chi connectivity index (χ0v) is 8.97. The summed E-state index contributed by atoms with van der Waals surface area (Å²) in [6.45, 7) is 1.91. The fraction of sp³-hybridized carbons (Fsp3) is 0.333. The van der Waals surface area contributed by atoms with Crippen molar-refractivity contribution >= 4 is 6.08 Å². The fourth-order valence-corrected chi connectivity index (χ4v) is 1.16. The van der Waals surface area contributed by atoms with Crippen LogP contribution in [0.2, 0.25) is 0 Å². The zero-order valence-electron chi connectivity index (χ0n) is 8.97. The summed E-state index contributed by atoms with van der Waals surface area (Å²) in [6, 6.07) is 5.04. The molecule has 1 aromatic carbocycles. The third-order valence-corrected chi connectivity index (χ3v) is 2.13. The van der Waals surface area contributed by atoms with Crippen molar-refractivity contribution in [2.45, 2.75) is 19.4 Å². The summed E-state index contributed by atoms with van der Waals surface area (Å²) in [5.74, 6) is 0.550. The predicted octanol–water partition coefficient (Wildman–Crippen LogP) is 2.18. The number of rotatable bonds is 4. The summed E-state index contributed by atoms with van der Waals surface area (Å²) >= 11 is 0. The van der Waals surface area contributed by atoms with Gasteiger partial charge in [0.15, 0.2) is 11.5 Å². The summed E-state index contributed by atoms with van der Waals surface area (Å²) in [5.41, 5.74) is 0.886. The molecule has 0 saturated carbocycles. The molecule has 0 aliphatic carbocycles. The van der Waals surface area contributed by atoms with Gasteiger partial charge >= 0.3 is 0 Å². The van der Waals surface area contributed by atoms with Crippen molar-refractivity contribution in [3.05, 3.63) is 29.8 Å². The van der Waals surface area contributed by atoms with Crippen LogP contribution < -0.4 is 4.74 Å². The van der Waals surface area contributed by atoms with Gasteiger partial charge in [-0.1, -0.05) is 25.1 Å². The van der Waals surface area contributed by atoms with Gasteiger partial charge < -0.3 is 14.9 Å². The van der Waals surface area contributed by atoms with Crippen molar-refractivity contribution in [3.63, 3.8) is 0 Å². The molecule has 0 amide bonds. The lowest BCUT2D eigenvalue weighted by atomic mass is 10.1. The van der Waals surface area contributed by atoms with Crippen molar-refractivity contribution in [1.82, 2.24) is 0 Å². The lowest BCUT2D eigenvalue weighted by Gasteiger charge is -2.04. The van der Waals surface area contributed by atoms with Gasteiger partial charge in [-0.25, -0.2) is 0 Å². The zero-order chi connectivity index (χ0) is 11.3. The molecule has 1 unspecified atom stereocenters. The van der Waals surface area contributed by atoms with Crippen LogP contribution in [0.15, 0.2) is 24.3 Å². The maximum Gasteiger partial charge on any atom is 0.161 e. The average molecular weight is 208 g/mol. The van der Waals surface area contributed by atoms with E-state index in [9.17, 15) is 10.2 Å². The first-order chi connectivity index (χ1) is 7.17. The Morgan fingerprint density at radius 1 is 1.47 bits per heavy atom. The smallest absolute Gasteiger partial charge is 0.161 e. The van der Waals surface area contributed by atoms with E-state index >= 15 is 0 Å². The normalized spacial score (nSPS) is 13.0. The molecule has 2 N–H and O–H groups in total. The number of aromatic hydroxyl groups is 1. The number of benzene rings is 1. The van der Waals surface area contributed by atoms with Crippen LogP contribution in [0.1, 0.15) is 18.9 Å².